The predicted molar refractivity (Wildman–Crippen MR) is 60.6 cm³/mol. The van der Waals surface area contributed by atoms with Gasteiger partial charge in [-0.15, -0.1) is 0 Å². The lowest BCUT2D eigenvalue weighted by atomic mass is 10.0. The Morgan fingerprint density at radius 2 is 2.00 bits per heavy atom. The number of carbonyl (C=O) groups excluding carboxylic acids is 1. The molecule has 1 aliphatic carbocycles. The maximum absolute atomic E-state index is 11.0. The van der Waals surface area contributed by atoms with Crippen molar-refractivity contribution in [3.8, 4) is 0 Å². The van der Waals surface area contributed by atoms with E-state index in [1.165, 1.54) is 30.4 Å². The molecule has 1 nitrogen and oxygen atoms in total. The molecule has 0 atom stereocenters. The van der Waals surface area contributed by atoms with Gasteiger partial charge in [-0.05, 0) is 48.9 Å². The normalized spacial score (nSPS) is 14.1. The number of hydrogen-bond acceptors (Lipinski definition) is 1. The van der Waals surface area contributed by atoms with E-state index in [0.717, 1.165) is 10.0 Å². The molecule has 0 bridgehead atoms. The number of benzene rings is 1. The Morgan fingerprint density at radius 3 is 2.64 bits per heavy atom. The van der Waals surface area contributed by atoms with Gasteiger partial charge in [0.1, 0.15) is 5.78 Å². The van der Waals surface area contributed by atoms with Crippen molar-refractivity contribution in [2.45, 2.75) is 32.6 Å². The third-order valence-electron chi connectivity index (χ3n) is 2.70. The lowest BCUT2D eigenvalue weighted by molar-refractivity contribution is -0.116. The molecule has 0 spiro atoms. The lowest BCUT2D eigenvalue weighted by Gasteiger charge is -2.06. The van der Waals surface area contributed by atoms with Gasteiger partial charge < -0.3 is 0 Å². The largest absolute Gasteiger partial charge is 0.300 e. The van der Waals surface area contributed by atoms with Gasteiger partial charge in [0.25, 0.3) is 0 Å². The molecule has 1 aliphatic rings. The van der Waals surface area contributed by atoms with E-state index in [9.17, 15) is 4.79 Å². The van der Waals surface area contributed by atoms with E-state index in [4.69, 9.17) is 0 Å². The second-order valence-electron chi connectivity index (χ2n) is 3.94. The van der Waals surface area contributed by atoms with Crippen molar-refractivity contribution < 1.29 is 4.79 Å². The van der Waals surface area contributed by atoms with Gasteiger partial charge in [-0.25, -0.2) is 0 Å². The minimum Gasteiger partial charge on any atom is -0.300 e. The molecule has 2 heteroatoms. The monoisotopic (exact) mass is 252 g/mol. The number of ketones is 1. The summed E-state index contributed by atoms with van der Waals surface area (Å²) in [6, 6.07) is 4.37. The molecule has 14 heavy (non-hydrogen) atoms. The van der Waals surface area contributed by atoms with Crippen LogP contribution in [0.2, 0.25) is 0 Å². The quantitative estimate of drug-likeness (QED) is 0.791. The Hall–Kier alpha value is -0.630. The van der Waals surface area contributed by atoms with Crippen LogP contribution in [0.15, 0.2) is 16.6 Å². The molecular weight excluding hydrogens is 240 g/mol. The summed E-state index contributed by atoms with van der Waals surface area (Å²) in [4.78, 5) is 11.0. The molecule has 0 fully saturated rings. The van der Waals surface area contributed by atoms with Gasteiger partial charge in [0.05, 0.1) is 0 Å². The van der Waals surface area contributed by atoms with Gasteiger partial charge in [-0.2, -0.15) is 0 Å². The molecule has 0 aliphatic heterocycles. The van der Waals surface area contributed by atoms with Crippen LogP contribution < -0.4 is 0 Å². The highest BCUT2D eigenvalue weighted by Gasteiger charge is 2.14. The molecule has 0 saturated heterocycles. The van der Waals surface area contributed by atoms with Crippen LogP contribution in [0.1, 0.15) is 30.0 Å². The van der Waals surface area contributed by atoms with Crippen molar-refractivity contribution in [2.75, 3.05) is 0 Å². The number of hydrogen-bond donors (Lipinski definition) is 0. The van der Waals surface area contributed by atoms with E-state index >= 15 is 0 Å². The second kappa shape index (κ2) is 3.85. The first-order valence-electron chi connectivity index (χ1n) is 4.96. The SMILES string of the molecule is CC(=O)Cc1cc2c(cc1Br)CCC2. The van der Waals surface area contributed by atoms with Crippen molar-refractivity contribution in [2.24, 2.45) is 0 Å². The van der Waals surface area contributed by atoms with Crippen molar-refractivity contribution >= 4 is 21.7 Å². The zero-order chi connectivity index (χ0) is 10.1. The van der Waals surface area contributed by atoms with E-state index in [1.807, 2.05) is 0 Å². The summed E-state index contributed by atoms with van der Waals surface area (Å²) in [6.07, 6.45) is 4.17. The molecule has 0 unspecified atom stereocenters. The highest BCUT2D eigenvalue weighted by Crippen LogP contribution is 2.28. The Morgan fingerprint density at radius 1 is 1.36 bits per heavy atom. The number of carbonyl (C=O) groups is 1. The number of Topliss-reactive ketones (excluding diaryl/α,β-unsaturated/α-hetero) is 1. The van der Waals surface area contributed by atoms with Crippen molar-refractivity contribution in [1.29, 1.82) is 0 Å². The van der Waals surface area contributed by atoms with Crippen LogP contribution in [0.3, 0.4) is 0 Å². The van der Waals surface area contributed by atoms with Gasteiger partial charge >= 0.3 is 0 Å². The molecule has 0 radical (unpaired) electrons. The summed E-state index contributed by atoms with van der Waals surface area (Å²) in [5.74, 6) is 0.226. The molecule has 0 saturated carbocycles. The minimum atomic E-state index is 0.226. The summed E-state index contributed by atoms with van der Waals surface area (Å²) in [6.45, 7) is 1.64. The van der Waals surface area contributed by atoms with Gasteiger partial charge in [0.2, 0.25) is 0 Å². The van der Waals surface area contributed by atoms with Crippen LogP contribution in [0.5, 0.6) is 0 Å². The molecule has 0 aromatic heterocycles. The number of rotatable bonds is 2. The zero-order valence-corrected chi connectivity index (χ0v) is 9.86. The van der Waals surface area contributed by atoms with Gasteiger partial charge in [0, 0.05) is 10.9 Å². The zero-order valence-electron chi connectivity index (χ0n) is 8.27. The Kier molecular flexibility index (Phi) is 2.73. The molecule has 0 heterocycles. The van der Waals surface area contributed by atoms with Crippen LogP contribution in [0.4, 0.5) is 0 Å². The number of aryl methyl sites for hydroxylation is 2. The fraction of sp³-hybridized carbons (Fsp3) is 0.417. The third-order valence-corrected chi connectivity index (χ3v) is 3.44. The molecule has 2 rings (SSSR count). The van der Waals surface area contributed by atoms with Crippen LogP contribution in [0.25, 0.3) is 0 Å². The fourth-order valence-corrected chi connectivity index (χ4v) is 2.58. The van der Waals surface area contributed by atoms with E-state index < -0.39 is 0 Å². The molecule has 74 valence electrons. The number of fused-ring (bicyclic) bond motifs is 1. The van der Waals surface area contributed by atoms with Crippen molar-refractivity contribution in [3.05, 3.63) is 33.3 Å². The van der Waals surface area contributed by atoms with Gasteiger partial charge in [-0.1, -0.05) is 22.0 Å². The van der Waals surface area contributed by atoms with Crippen LogP contribution in [-0.4, -0.2) is 5.78 Å². The summed E-state index contributed by atoms with van der Waals surface area (Å²) in [5, 5.41) is 0. The first-order valence-corrected chi connectivity index (χ1v) is 5.76. The maximum atomic E-state index is 11.0. The molecule has 1 aromatic carbocycles. The third kappa shape index (κ3) is 1.90. The Labute approximate surface area is 92.6 Å². The van der Waals surface area contributed by atoms with E-state index in [-0.39, 0.29) is 5.78 Å². The molecule has 0 amide bonds. The minimum absolute atomic E-state index is 0.226. The second-order valence-corrected chi connectivity index (χ2v) is 4.80. The smallest absolute Gasteiger partial charge is 0.134 e. The van der Waals surface area contributed by atoms with E-state index in [2.05, 4.69) is 28.1 Å². The first-order chi connectivity index (χ1) is 6.66. The topological polar surface area (TPSA) is 17.1 Å². The summed E-state index contributed by atoms with van der Waals surface area (Å²) in [5.41, 5.74) is 4.02. The molecular formula is C12H13BrO. The van der Waals surface area contributed by atoms with Crippen LogP contribution >= 0.6 is 15.9 Å². The average Bonchev–Trinajstić information content (AvgIpc) is 2.51. The fourth-order valence-electron chi connectivity index (χ4n) is 2.05. The highest BCUT2D eigenvalue weighted by atomic mass is 79.9. The molecule has 0 N–H and O–H groups in total. The first kappa shape index (κ1) is 9.91. The summed E-state index contributed by atoms with van der Waals surface area (Å²) < 4.78 is 1.09. The van der Waals surface area contributed by atoms with Gasteiger partial charge in [0.15, 0.2) is 0 Å². The number of halogens is 1. The van der Waals surface area contributed by atoms with Crippen molar-refractivity contribution in [3.63, 3.8) is 0 Å². The van der Waals surface area contributed by atoms with Gasteiger partial charge in [-0.3, -0.25) is 4.79 Å². The summed E-state index contributed by atoms with van der Waals surface area (Å²) >= 11 is 3.53. The maximum Gasteiger partial charge on any atom is 0.134 e. The Bertz CT molecular complexity index is 382. The average molecular weight is 253 g/mol. The lowest BCUT2D eigenvalue weighted by Crippen LogP contribution is -1.98. The summed E-state index contributed by atoms with van der Waals surface area (Å²) in [7, 11) is 0. The van der Waals surface area contributed by atoms with E-state index in [0.29, 0.717) is 6.42 Å². The predicted octanol–water partition coefficient (Wildman–Crippen LogP) is 3.07. The highest BCUT2D eigenvalue weighted by molar-refractivity contribution is 9.10. The van der Waals surface area contributed by atoms with Crippen molar-refractivity contribution in [1.82, 2.24) is 0 Å². The van der Waals surface area contributed by atoms with Crippen LogP contribution in [0, 0.1) is 0 Å². The Balaban J connectivity index is 2.37. The van der Waals surface area contributed by atoms with Crippen LogP contribution in [-0.2, 0) is 24.1 Å². The molecule has 1 aromatic rings. The van der Waals surface area contributed by atoms with E-state index in [1.54, 1.807) is 6.92 Å². The standard InChI is InChI=1S/C12H13BrO/c1-8(14)5-11-6-9-3-2-4-10(9)7-12(11)13/h6-7H,2-5H2,1H3.